The highest BCUT2D eigenvalue weighted by Gasteiger charge is 2.55. The zero-order valence-electron chi connectivity index (χ0n) is 27.0. The second-order valence-electron chi connectivity index (χ2n) is 14.1. The number of fused-ring (bicyclic) bond motifs is 1. The molecule has 1 amide bonds. The molecule has 5 atom stereocenters. The number of nitrogens with zero attached hydrogens (tertiary/aromatic N) is 2. The highest BCUT2D eigenvalue weighted by atomic mass is 35.5. The van der Waals surface area contributed by atoms with E-state index in [0.717, 1.165) is 61.1 Å². The number of aromatic nitrogens is 1. The van der Waals surface area contributed by atoms with Gasteiger partial charge in [0.25, 0.3) is 0 Å². The first kappa shape index (κ1) is 32.2. The van der Waals surface area contributed by atoms with Gasteiger partial charge in [-0.2, -0.15) is 0 Å². The minimum atomic E-state index is -1.19. The lowest BCUT2D eigenvalue weighted by atomic mass is 9.61. The first-order valence-corrected chi connectivity index (χ1v) is 17.9. The smallest absolute Gasteiger partial charge is 0.454 e. The molecule has 3 fully saturated rings. The first-order valence-electron chi connectivity index (χ1n) is 16.7. The number of amides is 1. The molecule has 9 nitrogen and oxygen atoms in total. The average molecular weight is 680 g/mol. The van der Waals surface area contributed by atoms with Crippen molar-refractivity contribution < 1.29 is 28.9 Å². The Morgan fingerprint density at radius 2 is 1.91 bits per heavy atom. The Hall–Kier alpha value is -3.34. The normalized spacial score (nSPS) is 27.0. The number of carbonyl (C=O) groups is 2. The van der Waals surface area contributed by atoms with Crippen molar-refractivity contribution in [1.29, 1.82) is 0 Å². The van der Waals surface area contributed by atoms with Crippen LogP contribution in [0.5, 0.6) is 11.5 Å². The number of rotatable bonds is 9. The Labute approximate surface area is 284 Å². The summed E-state index contributed by atoms with van der Waals surface area (Å²) in [7, 11) is 0. The fourth-order valence-electron chi connectivity index (χ4n) is 8.54. The van der Waals surface area contributed by atoms with Crippen LogP contribution in [0.1, 0.15) is 81.3 Å². The van der Waals surface area contributed by atoms with Gasteiger partial charge in [-0.05, 0) is 79.8 Å². The summed E-state index contributed by atoms with van der Waals surface area (Å²) in [6.45, 7) is 8.20. The van der Waals surface area contributed by atoms with Gasteiger partial charge >= 0.3 is 6.16 Å². The van der Waals surface area contributed by atoms with E-state index in [1.54, 1.807) is 0 Å². The molecule has 2 aromatic carbocycles. The lowest BCUT2D eigenvalue weighted by molar-refractivity contribution is -0.135. The molecule has 47 heavy (non-hydrogen) atoms. The molecule has 11 heteroatoms. The Balaban J connectivity index is 1.16. The van der Waals surface area contributed by atoms with Gasteiger partial charge < -0.3 is 24.6 Å². The van der Waals surface area contributed by atoms with Gasteiger partial charge in [0, 0.05) is 34.5 Å². The number of carbonyl (C=O) groups excluding carboxylic acids is 1. The number of hydrogen-bond acceptors (Lipinski definition) is 8. The molecular formula is C36H42ClN3O6S. The number of benzene rings is 2. The van der Waals surface area contributed by atoms with Crippen molar-refractivity contribution in [1.82, 2.24) is 9.88 Å². The molecule has 1 saturated heterocycles. The average Bonchev–Trinajstić information content (AvgIpc) is 3.35. The summed E-state index contributed by atoms with van der Waals surface area (Å²) in [5.74, 6) is 2.18. The van der Waals surface area contributed by atoms with E-state index >= 15 is 0 Å². The molecule has 2 aliphatic carbocycles. The van der Waals surface area contributed by atoms with Crippen molar-refractivity contribution in [3.8, 4) is 11.5 Å². The number of ether oxygens (including phenoxy) is 3. The number of nitrogens with one attached hydrogen (secondary N) is 1. The molecule has 2 N–H and O–H groups in total. The van der Waals surface area contributed by atoms with E-state index < -0.39 is 17.2 Å². The second-order valence-corrected chi connectivity index (χ2v) is 15.6. The number of halogens is 1. The molecule has 0 radical (unpaired) electrons. The van der Waals surface area contributed by atoms with Crippen LogP contribution in [0.2, 0.25) is 5.02 Å². The number of thiazole rings is 1. The molecule has 4 aliphatic rings. The van der Waals surface area contributed by atoms with Crippen LogP contribution in [0.4, 0.5) is 9.93 Å². The fourth-order valence-corrected chi connectivity index (χ4v) is 9.74. The Morgan fingerprint density at radius 3 is 2.66 bits per heavy atom. The van der Waals surface area contributed by atoms with Crippen LogP contribution in [-0.4, -0.2) is 52.5 Å². The maximum absolute atomic E-state index is 13.7. The summed E-state index contributed by atoms with van der Waals surface area (Å²) >= 11 is 8.30. The molecule has 0 spiro atoms. The Bertz CT molecular complexity index is 1660. The van der Waals surface area contributed by atoms with Crippen molar-refractivity contribution in [2.45, 2.75) is 76.4 Å². The van der Waals surface area contributed by atoms with Gasteiger partial charge in [-0.15, -0.1) is 0 Å². The first-order chi connectivity index (χ1) is 22.6. The largest absolute Gasteiger partial charge is 0.506 e. The van der Waals surface area contributed by atoms with Crippen molar-refractivity contribution >= 4 is 40.1 Å². The summed E-state index contributed by atoms with van der Waals surface area (Å²) in [5, 5.41) is 14.3. The number of carboxylic acid groups (broad SMARTS) is 1. The van der Waals surface area contributed by atoms with Crippen molar-refractivity contribution in [2.75, 3.05) is 25.2 Å². The lowest BCUT2D eigenvalue weighted by Crippen LogP contribution is -2.54. The van der Waals surface area contributed by atoms with Crippen LogP contribution in [0.3, 0.4) is 0 Å². The number of hydrogen-bond donors (Lipinski definition) is 2. The van der Waals surface area contributed by atoms with Crippen molar-refractivity contribution in [2.24, 2.45) is 23.7 Å². The van der Waals surface area contributed by atoms with Gasteiger partial charge in [0.05, 0.1) is 11.5 Å². The van der Waals surface area contributed by atoms with E-state index in [2.05, 4.69) is 36.0 Å². The van der Waals surface area contributed by atoms with E-state index in [9.17, 15) is 14.7 Å². The van der Waals surface area contributed by atoms with Gasteiger partial charge in [-0.25, -0.2) is 9.78 Å². The standard InChI is InChI=1S/C36H42ClN3O6S/c1-21(2)26-10-8-22(3)17-36(26,46-34(42)43)24-12-15-40(19-24)31(25-6-4-5-7-27(25)37)30-18-38-33(47-30)39-32(41)35(13-14-35)23-9-11-28-29(16-23)45-20-44-28/h4-7,9,11,16,18,21-22,24,26,31H,8,10,12-15,17,19-20H2,1-3H3,(H,42,43)(H,38,39,41)/t22?,24?,26?,31-,36?/m1/s1. The summed E-state index contributed by atoms with van der Waals surface area (Å²) in [6.07, 6.45) is 5.76. The Kier molecular flexibility index (Phi) is 8.64. The third-order valence-corrected chi connectivity index (χ3v) is 12.3. The van der Waals surface area contributed by atoms with Crippen LogP contribution in [0, 0.1) is 23.7 Å². The highest BCUT2D eigenvalue weighted by molar-refractivity contribution is 7.15. The maximum Gasteiger partial charge on any atom is 0.506 e. The summed E-state index contributed by atoms with van der Waals surface area (Å²) < 4.78 is 17.0. The van der Waals surface area contributed by atoms with Crippen LogP contribution < -0.4 is 14.8 Å². The quantitative estimate of drug-likeness (QED) is 0.218. The monoisotopic (exact) mass is 679 g/mol. The third-order valence-electron chi connectivity index (χ3n) is 10.9. The fraction of sp³-hybridized carbons (Fsp3) is 0.528. The predicted octanol–water partition coefficient (Wildman–Crippen LogP) is 8.13. The minimum absolute atomic E-state index is 0.0438. The van der Waals surface area contributed by atoms with Gasteiger partial charge in [0.2, 0.25) is 12.7 Å². The van der Waals surface area contributed by atoms with Crippen LogP contribution >= 0.6 is 22.9 Å². The van der Waals surface area contributed by atoms with E-state index in [1.165, 1.54) is 11.3 Å². The molecule has 7 rings (SSSR count). The van der Waals surface area contributed by atoms with E-state index in [-0.39, 0.29) is 30.6 Å². The van der Waals surface area contributed by atoms with E-state index in [4.69, 9.17) is 25.8 Å². The van der Waals surface area contributed by atoms with E-state index in [0.29, 0.717) is 40.0 Å². The molecule has 1 aromatic heterocycles. The maximum atomic E-state index is 13.7. The summed E-state index contributed by atoms with van der Waals surface area (Å²) in [6, 6.07) is 13.4. The molecule has 0 bridgehead atoms. The lowest BCUT2D eigenvalue weighted by Gasteiger charge is -2.50. The highest BCUT2D eigenvalue weighted by Crippen LogP contribution is 2.53. The minimum Gasteiger partial charge on any atom is -0.454 e. The van der Waals surface area contributed by atoms with E-state index in [1.807, 2.05) is 48.7 Å². The van der Waals surface area contributed by atoms with Gasteiger partial charge in [0.1, 0.15) is 5.60 Å². The zero-order chi connectivity index (χ0) is 32.9. The van der Waals surface area contributed by atoms with Gasteiger partial charge in [0.15, 0.2) is 16.6 Å². The number of likely N-dealkylation sites (tertiary alicyclic amines) is 1. The van der Waals surface area contributed by atoms with Crippen molar-refractivity contribution in [3.63, 3.8) is 0 Å². The predicted molar refractivity (Wildman–Crippen MR) is 180 cm³/mol. The molecule has 3 heterocycles. The number of anilines is 1. The topological polar surface area (TPSA) is 110 Å². The molecular weight excluding hydrogens is 638 g/mol. The van der Waals surface area contributed by atoms with Gasteiger partial charge in [-0.1, -0.05) is 74.4 Å². The van der Waals surface area contributed by atoms with Crippen LogP contribution in [0.25, 0.3) is 0 Å². The molecule has 2 aliphatic heterocycles. The molecule has 4 unspecified atom stereocenters. The summed E-state index contributed by atoms with van der Waals surface area (Å²) in [4.78, 5) is 33.9. The molecule has 250 valence electrons. The Morgan fingerprint density at radius 1 is 1.13 bits per heavy atom. The van der Waals surface area contributed by atoms with Crippen LogP contribution in [0.15, 0.2) is 48.7 Å². The third kappa shape index (κ3) is 5.97. The zero-order valence-corrected chi connectivity index (χ0v) is 28.6. The molecule has 2 saturated carbocycles. The summed E-state index contributed by atoms with van der Waals surface area (Å²) in [5.41, 5.74) is 0.528. The second kappa shape index (κ2) is 12.6. The SMILES string of the molecule is CC1CCC(C(C)C)C(OC(=O)O)(C2CCN([C@@H](c3cnc(NC(=O)C4(c5ccc6c(c5)OCO6)CC4)s3)c3ccccc3Cl)C2)C1. The molecule has 3 aromatic rings. The van der Waals surface area contributed by atoms with Crippen molar-refractivity contribution in [3.05, 3.63) is 69.7 Å². The van der Waals surface area contributed by atoms with Crippen LogP contribution in [-0.2, 0) is 14.9 Å². The van der Waals surface area contributed by atoms with Gasteiger partial charge in [-0.3, -0.25) is 9.69 Å².